The summed E-state index contributed by atoms with van der Waals surface area (Å²) in [5, 5.41) is 11.2. The molecule has 0 atom stereocenters. The normalized spacial score (nSPS) is 13.1. The number of furan rings is 1. The van der Waals surface area contributed by atoms with Crippen LogP contribution in [0.4, 0.5) is 27.7 Å². The average Bonchev–Trinajstić information content (AvgIpc) is 3.32. The summed E-state index contributed by atoms with van der Waals surface area (Å²) in [5.74, 6) is 0.676. The van der Waals surface area contributed by atoms with Crippen molar-refractivity contribution in [2.75, 3.05) is 59.7 Å². The van der Waals surface area contributed by atoms with Crippen LogP contribution >= 0.6 is 0 Å². The number of hydrogen-bond donors (Lipinski definition) is 4. The van der Waals surface area contributed by atoms with Crippen molar-refractivity contribution in [1.82, 2.24) is 10.6 Å². The number of nitrogens with zero attached hydrogens (tertiary/aromatic N) is 2. The van der Waals surface area contributed by atoms with E-state index in [4.69, 9.17) is 4.42 Å². The van der Waals surface area contributed by atoms with Crippen molar-refractivity contribution < 1.29 is 18.8 Å². The molecular formula is C29H36N6O4. The van der Waals surface area contributed by atoms with E-state index in [-0.39, 0.29) is 11.8 Å². The highest BCUT2D eigenvalue weighted by Gasteiger charge is 2.22. The maximum Gasteiger partial charge on any atom is 0.326 e. The van der Waals surface area contributed by atoms with E-state index in [1.54, 1.807) is 31.2 Å². The van der Waals surface area contributed by atoms with Crippen molar-refractivity contribution in [3.8, 4) is 0 Å². The molecule has 1 aromatic heterocycles. The molecule has 1 fully saturated rings. The molecule has 10 nitrogen and oxygen atoms in total. The van der Waals surface area contributed by atoms with E-state index in [9.17, 15) is 14.4 Å². The van der Waals surface area contributed by atoms with Crippen molar-refractivity contribution in [3.05, 3.63) is 71.5 Å². The highest BCUT2D eigenvalue weighted by molar-refractivity contribution is 6.03. The monoisotopic (exact) mass is 532 g/mol. The molecule has 4 amide bonds. The molecular weight excluding hydrogens is 496 g/mol. The second kappa shape index (κ2) is 12.9. The van der Waals surface area contributed by atoms with Crippen LogP contribution in [-0.2, 0) is 4.79 Å². The number of rotatable bonds is 9. The van der Waals surface area contributed by atoms with E-state index >= 15 is 0 Å². The first-order valence-corrected chi connectivity index (χ1v) is 13.2. The van der Waals surface area contributed by atoms with E-state index in [1.165, 1.54) is 18.2 Å². The molecule has 0 bridgehead atoms. The smallest absolute Gasteiger partial charge is 0.326 e. The Balaban J connectivity index is 1.47. The minimum absolute atomic E-state index is 0.102. The first-order valence-electron chi connectivity index (χ1n) is 13.2. The summed E-state index contributed by atoms with van der Waals surface area (Å²) in [5.41, 5.74) is 4.28. The first kappa shape index (κ1) is 27.6. The van der Waals surface area contributed by atoms with Gasteiger partial charge in [0.25, 0.3) is 5.91 Å². The molecule has 2 heterocycles. The Bertz CT molecular complexity index is 1310. The number of nitrogens with one attached hydrogen (secondary N) is 4. The van der Waals surface area contributed by atoms with Gasteiger partial charge in [-0.05, 0) is 56.2 Å². The van der Waals surface area contributed by atoms with Gasteiger partial charge in [-0.25, -0.2) is 4.79 Å². The van der Waals surface area contributed by atoms with Gasteiger partial charge in [0.05, 0.1) is 11.4 Å². The standard InChI is InChI=1S/C29H36N6O4/c1-20-7-4-5-8-25(20)34-15-17-35(18-16-34)26-11-10-23(28(37)31-14-6-13-30-22(3)36)19-24(26)32-29(38)33-27-12-9-21(2)39-27/h4-5,7-12,19H,6,13-18H2,1-3H3,(H,30,36)(H,31,37)(H2,32,33,38). The zero-order valence-electron chi connectivity index (χ0n) is 22.7. The lowest BCUT2D eigenvalue weighted by Gasteiger charge is -2.38. The fraction of sp³-hybridized carbons (Fsp3) is 0.345. The van der Waals surface area contributed by atoms with E-state index < -0.39 is 6.03 Å². The summed E-state index contributed by atoms with van der Waals surface area (Å²) in [7, 11) is 0. The van der Waals surface area contributed by atoms with Crippen molar-refractivity contribution in [3.63, 3.8) is 0 Å². The molecule has 1 aliphatic heterocycles. The summed E-state index contributed by atoms with van der Waals surface area (Å²) in [4.78, 5) is 41.3. The number of aryl methyl sites for hydroxylation is 2. The molecule has 1 saturated heterocycles. The van der Waals surface area contributed by atoms with E-state index in [0.29, 0.717) is 42.4 Å². The lowest BCUT2D eigenvalue weighted by Crippen LogP contribution is -2.47. The van der Waals surface area contributed by atoms with Gasteiger partial charge in [-0.2, -0.15) is 0 Å². The Morgan fingerprint density at radius 2 is 1.51 bits per heavy atom. The van der Waals surface area contributed by atoms with Crippen LogP contribution in [0.5, 0.6) is 0 Å². The second-order valence-corrected chi connectivity index (χ2v) is 9.57. The highest BCUT2D eigenvalue weighted by Crippen LogP contribution is 2.30. The number of carbonyl (C=O) groups excluding carboxylic acids is 3. The van der Waals surface area contributed by atoms with Gasteiger partial charge in [0.15, 0.2) is 0 Å². The van der Waals surface area contributed by atoms with Gasteiger partial charge in [-0.3, -0.25) is 14.9 Å². The van der Waals surface area contributed by atoms with Crippen molar-refractivity contribution in [2.45, 2.75) is 27.2 Å². The second-order valence-electron chi connectivity index (χ2n) is 9.57. The third-order valence-electron chi connectivity index (χ3n) is 6.57. The summed E-state index contributed by atoms with van der Waals surface area (Å²) in [6, 6.07) is 16.7. The van der Waals surface area contributed by atoms with Crippen molar-refractivity contribution >= 4 is 40.8 Å². The maximum absolute atomic E-state index is 12.8. The van der Waals surface area contributed by atoms with Crippen LogP contribution in [0.1, 0.15) is 35.0 Å². The molecule has 0 radical (unpaired) electrons. The van der Waals surface area contributed by atoms with Gasteiger partial charge in [-0.1, -0.05) is 18.2 Å². The molecule has 206 valence electrons. The third-order valence-corrected chi connectivity index (χ3v) is 6.57. The largest absolute Gasteiger partial charge is 0.446 e. The summed E-state index contributed by atoms with van der Waals surface area (Å²) >= 11 is 0. The molecule has 1 aliphatic rings. The van der Waals surface area contributed by atoms with Crippen molar-refractivity contribution in [1.29, 1.82) is 0 Å². The third kappa shape index (κ3) is 7.53. The molecule has 0 aliphatic carbocycles. The molecule has 0 saturated carbocycles. The number of benzene rings is 2. The van der Waals surface area contributed by atoms with Gasteiger partial charge in [0.1, 0.15) is 5.76 Å². The number of carbonyl (C=O) groups is 3. The summed E-state index contributed by atoms with van der Waals surface area (Å²) in [6.07, 6.45) is 0.616. The van der Waals surface area contributed by atoms with Crippen molar-refractivity contribution in [2.24, 2.45) is 0 Å². The topological polar surface area (TPSA) is 119 Å². The fourth-order valence-electron chi connectivity index (χ4n) is 4.58. The van der Waals surface area contributed by atoms with Gasteiger partial charge in [0, 0.05) is 63.5 Å². The van der Waals surface area contributed by atoms with E-state index in [0.717, 1.165) is 31.9 Å². The molecule has 3 aromatic rings. The maximum atomic E-state index is 12.8. The predicted octanol–water partition coefficient (Wildman–Crippen LogP) is 4.12. The number of amides is 4. The quantitative estimate of drug-likeness (QED) is 0.308. The Labute approximate surface area is 228 Å². The average molecular weight is 533 g/mol. The zero-order valence-corrected chi connectivity index (χ0v) is 22.7. The van der Waals surface area contributed by atoms with Gasteiger partial charge in [0.2, 0.25) is 11.8 Å². The molecule has 0 unspecified atom stereocenters. The predicted molar refractivity (Wildman–Crippen MR) is 154 cm³/mol. The van der Waals surface area contributed by atoms with Crippen LogP contribution < -0.4 is 31.1 Å². The number of anilines is 4. The molecule has 0 spiro atoms. The van der Waals surface area contributed by atoms with Crippen LogP contribution in [0.15, 0.2) is 59.0 Å². The van der Waals surface area contributed by atoms with Crippen LogP contribution in [0.3, 0.4) is 0 Å². The minimum Gasteiger partial charge on any atom is -0.446 e. The summed E-state index contributed by atoms with van der Waals surface area (Å²) < 4.78 is 5.46. The van der Waals surface area contributed by atoms with Gasteiger partial charge < -0.3 is 30.2 Å². The molecule has 2 aromatic carbocycles. The Kier molecular flexibility index (Phi) is 9.09. The van der Waals surface area contributed by atoms with Crippen LogP contribution in [0, 0.1) is 13.8 Å². The van der Waals surface area contributed by atoms with Crippen LogP contribution in [0.2, 0.25) is 0 Å². The Hall–Kier alpha value is -4.47. The molecule has 39 heavy (non-hydrogen) atoms. The molecule has 4 N–H and O–H groups in total. The Morgan fingerprint density at radius 3 is 2.18 bits per heavy atom. The highest BCUT2D eigenvalue weighted by atomic mass is 16.4. The lowest BCUT2D eigenvalue weighted by molar-refractivity contribution is -0.118. The molecule has 10 heteroatoms. The minimum atomic E-state index is -0.461. The summed E-state index contributed by atoms with van der Waals surface area (Å²) in [6.45, 7) is 9.47. The number of hydrogen-bond acceptors (Lipinski definition) is 6. The lowest BCUT2D eigenvalue weighted by atomic mass is 10.1. The van der Waals surface area contributed by atoms with Crippen LogP contribution in [-0.4, -0.2) is 57.1 Å². The van der Waals surface area contributed by atoms with E-state index in [2.05, 4.69) is 56.2 Å². The van der Waals surface area contributed by atoms with Crippen LogP contribution in [0.25, 0.3) is 0 Å². The van der Waals surface area contributed by atoms with Gasteiger partial charge >= 0.3 is 6.03 Å². The number of piperazine rings is 1. The number of para-hydroxylation sites is 1. The first-order chi connectivity index (χ1) is 18.8. The molecule has 4 rings (SSSR count). The van der Waals surface area contributed by atoms with Gasteiger partial charge in [-0.15, -0.1) is 0 Å². The Morgan fingerprint density at radius 1 is 0.821 bits per heavy atom. The number of urea groups is 1. The van der Waals surface area contributed by atoms with E-state index in [1.807, 2.05) is 12.1 Å². The fourth-order valence-corrected chi connectivity index (χ4v) is 4.58. The SMILES string of the molecule is CC(=O)NCCCNC(=O)c1ccc(N2CCN(c3ccccc3C)CC2)c(NC(=O)Nc2ccc(C)o2)c1. The zero-order chi connectivity index (χ0) is 27.8.